The molecule has 0 N–H and O–H groups in total. The highest BCUT2D eigenvalue weighted by Crippen LogP contribution is 2.20. The van der Waals surface area contributed by atoms with Gasteiger partial charge in [0.25, 0.3) is 0 Å². The summed E-state index contributed by atoms with van der Waals surface area (Å²) in [7, 11) is 3.80. The summed E-state index contributed by atoms with van der Waals surface area (Å²) >= 11 is 5.05. The fraction of sp³-hybridized carbons (Fsp3) is 0.286. The molecule has 0 unspecified atom stereocenters. The molecule has 0 saturated carbocycles. The molecule has 1 heterocycles. The number of hydrazone groups is 1. The summed E-state index contributed by atoms with van der Waals surface area (Å²) in [5.74, 6) is 0. The van der Waals surface area contributed by atoms with Crippen LogP contribution in [0.3, 0.4) is 0 Å². The lowest BCUT2D eigenvalue weighted by Gasteiger charge is -2.00. The predicted octanol–water partition coefficient (Wildman–Crippen LogP) is 2.41. The molecule has 0 saturated heterocycles. The van der Waals surface area contributed by atoms with Gasteiger partial charge in [0.05, 0.1) is 10.0 Å². The summed E-state index contributed by atoms with van der Waals surface area (Å²) in [5.41, 5.74) is 0. The minimum absolute atomic E-state index is 1.14. The maximum absolute atomic E-state index is 4.11. The molecule has 0 radical (unpaired) electrons. The minimum atomic E-state index is 1.14. The molecule has 0 aliphatic rings. The number of halogens is 1. The maximum atomic E-state index is 4.11. The van der Waals surface area contributed by atoms with E-state index in [0.29, 0.717) is 0 Å². The Morgan fingerprint density at radius 1 is 1.55 bits per heavy atom. The fourth-order valence-electron chi connectivity index (χ4n) is 0.570. The standard InChI is InChI=1S/C7H9BrN2S/c1-10(2)9-5-6-3-4-7(8)11-6/h3-5H,1-2H3. The van der Waals surface area contributed by atoms with Gasteiger partial charge in [-0.05, 0) is 28.1 Å². The Bertz CT molecular complexity index is 255. The van der Waals surface area contributed by atoms with Gasteiger partial charge < -0.3 is 5.01 Å². The first-order valence-corrected chi connectivity index (χ1v) is 4.76. The summed E-state index contributed by atoms with van der Waals surface area (Å²) in [6.45, 7) is 0. The van der Waals surface area contributed by atoms with E-state index in [1.165, 1.54) is 0 Å². The highest BCUT2D eigenvalue weighted by Gasteiger charge is 1.92. The molecule has 11 heavy (non-hydrogen) atoms. The quantitative estimate of drug-likeness (QED) is 0.565. The third kappa shape index (κ3) is 3.03. The molecule has 1 aromatic rings. The van der Waals surface area contributed by atoms with Gasteiger partial charge in [0.2, 0.25) is 0 Å². The predicted molar refractivity (Wildman–Crippen MR) is 53.3 cm³/mol. The average Bonchev–Trinajstić information content (AvgIpc) is 2.31. The second kappa shape index (κ2) is 3.88. The van der Waals surface area contributed by atoms with Crippen molar-refractivity contribution in [3.05, 3.63) is 20.8 Å². The van der Waals surface area contributed by atoms with Crippen molar-refractivity contribution in [1.29, 1.82) is 0 Å². The minimum Gasteiger partial charge on any atom is -0.303 e. The highest BCUT2D eigenvalue weighted by molar-refractivity contribution is 9.11. The Morgan fingerprint density at radius 2 is 2.27 bits per heavy atom. The normalized spacial score (nSPS) is 10.8. The van der Waals surface area contributed by atoms with Crippen molar-refractivity contribution in [2.45, 2.75) is 0 Å². The first kappa shape index (κ1) is 8.74. The van der Waals surface area contributed by atoms with E-state index >= 15 is 0 Å². The van der Waals surface area contributed by atoms with E-state index in [-0.39, 0.29) is 0 Å². The molecule has 1 rings (SSSR count). The summed E-state index contributed by atoms with van der Waals surface area (Å²) < 4.78 is 1.14. The number of rotatable bonds is 2. The van der Waals surface area contributed by atoms with Crippen LogP contribution in [0.4, 0.5) is 0 Å². The number of hydrogen-bond acceptors (Lipinski definition) is 3. The monoisotopic (exact) mass is 232 g/mol. The van der Waals surface area contributed by atoms with Crippen LogP contribution in [0, 0.1) is 0 Å². The molecule has 0 bridgehead atoms. The third-order valence-corrected chi connectivity index (χ3v) is 2.57. The van der Waals surface area contributed by atoms with Gasteiger partial charge in [-0.15, -0.1) is 11.3 Å². The van der Waals surface area contributed by atoms with E-state index in [1.54, 1.807) is 16.3 Å². The molecular weight excluding hydrogens is 224 g/mol. The zero-order valence-electron chi connectivity index (χ0n) is 6.41. The molecule has 0 aliphatic carbocycles. The highest BCUT2D eigenvalue weighted by atomic mass is 79.9. The number of hydrogen-bond donors (Lipinski definition) is 0. The molecular formula is C7H9BrN2S. The van der Waals surface area contributed by atoms with Crippen LogP contribution >= 0.6 is 27.3 Å². The largest absolute Gasteiger partial charge is 0.303 e. The summed E-state index contributed by atoms with van der Waals surface area (Å²) in [5, 5.41) is 5.88. The Hall–Kier alpha value is -0.350. The number of nitrogens with zero attached hydrogens (tertiary/aromatic N) is 2. The molecule has 1 aromatic heterocycles. The van der Waals surface area contributed by atoms with Crippen LogP contribution in [0.25, 0.3) is 0 Å². The second-order valence-electron chi connectivity index (χ2n) is 2.23. The molecule has 0 aliphatic heterocycles. The van der Waals surface area contributed by atoms with Crippen LogP contribution in [-0.4, -0.2) is 25.3 Å². The van der Waals surface area contributed by atoms with Gasteiger partial charge in [0.1, 0.15) is 0 Å². The lowest BCUT2D eigenvalue weighted by molar-refractivity contribution is 0.440. The van der Waals surface area contributed by atoms with E-state index < -0.39 is 0 Å². The van der Waals surface area contributed by atoms with Crippen molar-refractivity contribution in [2.75, 3.05) is 14.1 Å². The molecule has 0 atom stereocenters. The lowest BCUT2D eigenvalue weighted by Crippen LogP contribution is -2.01. The average molecular weight is 233 g/mol. The first-order chi connectivity index (χ1) is 5.18. The molecule has 0 amide bonds. The Balaban J connectivity index is 2.64. The summed E-state index contributed by atoms with van der Waals surface area (Å²) in [6, 6.07) is 4.05. The van der Waals surface area contributed by atoms with Gasteiger partial charge in [-0.1, -0.05) is 0 Å². The van der Waals surface area contributed by atoms with Gasteiger partial charge in [-0.3, -0.25) is 0 Å². The van der Waals surface area contributed by atoms with Gasteiger partial charge in [-0.2, -0.15) is 5.10 Å². The van der Waals surface area contributed by atoms with Crippen LogP contribution in [0.1, 0.15) is 4.88 Å². The molecule has 4 heteroatoms. The van der Waals surface area contributed by atoms with Crippen molar-refractivity contribution >= 4 is 33.5 Å². The van der Waals surface area contributed by atoms with Gasteiger partial charge in [0, 0.05) is 19.0 Å². The van der Waals surface area contributed by atoms with Crippen molar-refractivity contribution in [1.82, 2.24) is 5.01 Å². The van der Waals surface area contributed by atoms with Gasteiger partial charge in [0.15, 0.2) is 0 Å². The van der Waals surface area contributed by atoms with Crippen LogP contribution in [0.2, 0.25) is 0 Å². The second-order valence-corrected chi connectivity index (χ2v) is 4.73. The Labute approximate surface area is 78.7 Å². The van der Waals surface area contributed by atoms with E-state index in [2.05, 4.69) is 21.0 Å². The Morgan fingerprint density at radius 3 is 2.73 bits per heavy atom. The molecule has 0 spiro atoms. The Kier molecular flexibility index (Phi) is 3.08. The smallest absolute Gasteiger partial charge is 0.0705 e. The van der Waals surface area contributed by atoms with Crippen LogP contribution in [0.5, 0.6) is 0 Å². The van der Waals surface area contributed by atoms with E-state index in [0.717, 1.165) is 8.66 Å². The molecule has 0 fully saturated rings. The zero-order chi connectivity index (χ0) is 8.27. The topological polar surface area (TPSA) is 15.6 Å². The molecule has 0 aromatic carbocycles. The first-order valence-electron chi connectivity index (χ1n) is 3.15. The van der Waals surface area contributed by atoms with Crippen molar-refractivity contribution in [2.24, 2.45) is 5.10 Å². The third-order valence-electron chi connectivity index (χ3n) is 1.01. The van der Waals surface area contributed by atoms with Crippen molar-refractivity contribution < 1.29 is 0 Å². The van der Waals surface area contributed by atoms with Crippen LogP contribution < -0.4 is 0 Å². The van der Waals surface area contributed by atoms with Gasteiger partial charge >= 0.3 is 0 Å². The van der Waals surface area contributed by atoms with E-state index in [9.17, 15) is 0 Å². The SMILES string of the molecule is CN(C)N=Cc1ccc(Br)s1. The zero-order valence-corrected chi connectivity index (χ0v) is 8.82. The fourth-order valence-corrected chi connectivity index (χ4v) is 1.86. The van der Waals surface area contributed by atoms with Crippen molar-refractivity contribution in [3.63, 3.8) is 0 Å². The maximum Gasteiger partial charge on any atom is 0.0705 e. The lowest BCUT2D eigenvalue weighted by atomic mass is 10.5. The summed E-state index contributed by atoms with van der Waals surface area (Å²) in [4.78, 5) is 1.16. The molecule has 60 valence electrons. The van der Waals surface area contributed by atoms with Crippen LogP contribution in [-0.2, 0) is 0 Å². The van der Waals surface area contributed by atoms with Gasteiger partial charge in [-0.25, -0.2) is 0 Å². The van der Waals surface area contributed by atoms with Crippen molar-refractivity contribution in [3.8, 4) is 0 Å². The molecule has 2 nitrogen and oxygen atoms in total. The van der Waals surface area contributed by atoms with E-state index in [4.69, 9.17) is 0 Å². The summed E-state index contributed by atoms with van der Waals surface area (Å²) in [6.07, 6.45) is 1.84. The number of thiophene rings is 1. The van der Waals surface area contributed by atoms with Crippen LogP contribution in [0.15, 0.2) is 21.0 Å². The van der Waals surface area contributed by atoms with E-state index in [1.807, 2.05) is 32.4 Å².